The largest absolute Gasteiger partial charge is 0.780 e. The number of H-pyrrole nitrogens is 3. The second-order valence-corrected chi connectivity index (χ2v) is 37.4. The Hall–Kier alpha value is -7.63. The number of methoxy groups -OCH3 is 3. The van der Waals surface area contributed by atoms with Gasteiger partial charge in [0.15, 0.2) is 83.2 Å². The van der Waals surface area contributed by atoms with Gasteiger partial charge in [-0.1, -0.05) is 18.7 Å². The van der Waals surface area contributed by atoms with Gasteiger partial charge in [0.2, 0.25) is 11.9 Å². The molecule has 7 aliphatic heterocycles. The van der Waals surface area contributed by atoms with E-state index in [4.69, 9.17) is 145 Å². The molecule has 7 saturated heterocycles. The number of nitrogen functional groups attached to an aromatic ring is 4. The number of fused-ring (bicyclic) bond motifs is 8. The summed E-state index contributed by atoms with van der Waals surface area (Å²) in [4.78, 5) is 147. The summed E-state index contributed by atoms with van der Waals surface area (Å²) in [7, 11) is -7.64. The van der Waals surface area contributed by atoms with Crippen LogP contribution in [0.1, 0.15) is 63.9 Å². The fourth-order valence-electron chi connectivity index (χ4n) is 16.1. The average molecular weight is 1860 g/mol. The van der Waals surface area contributed by atoms with Crippen molar-refractivity contribution in [3.63, 3.8) is 0 Å². The summed E-state index contributed by atoms with van der Waals surface area (Å²) in [6, 6.07) is 0. The number of aliphatic hydroxyl groups excluding tert-OH is 1. The number of nitrogens with one attached hydrogen (secondary N) is 3. The van der Waals surface area contributed by atoms with Crippen molar-refractivity contribution in [1.82, 2.24) is 87.6 Å². The zero-order chi connectivity index (χ0) is 88.0. The molecule has 0 amide bonds. The molecular formula is C64H82N22O32P4S2-4. The molecule has 0 spiro atoms. The molecule has 4 bridgehead atoms. The zero-order valence-corrected chi connectivity index (χ0v) is 71.3. The SMILES string of the molecule is CC[C@]12O[C@@H](n3cnc4c(N)ncnc43)C(O[C@H]1C)[C@H]2OP(=O)([O-])OC[C@]12O[C@@H](n3cnc4c(=O)[nH]c(N)nc43)C(O[C@H]1C)[C@H]2OP(=O)([O-])OC[C@H]1O[C@@H](n2cnc3c(=O)[nH]c(N)nc32)C(OCCOC)[C@H]1OP([O-])(=S)OC[C@H]1O[C@@H](n2cnc3c(N)ncnc32)C(OCCOC)[C@H]1OP(=O)([S-])OC[C@H]1O[C@@H](n2cc(C)c(=O)[nH]c2=O)C(OCCOC)[C@H]1O. The van der Waals surface area contributed by atoms with Gasteiger partial charge in [0.25, 0.3) is 32.3 Å². The van der Waals surface area contributed by atoms with Crippen LogP contribution < -0.4 is 60.0 Å². The summed E-state index contributed by atoms with van der Waals surface area (Å²) in [5.74, 6) is -0.797. The van der Waals surface area contributed by atoms with Crippen LogP contribution in [0.5, 0.6) is 0 Å². The first kappa shape index (κ1) is 89.7. The van der Waals surface area contributed by atoms with Gasteiger partial charge in [0.1, 0.15) is 121 Å². The van der Waals surface area contributed by atoms with Gasteiger partial charge >= 0.3 is 5.69 Å². The van der Waals surface area contributed by atoms with Crippen molar-refractivity contribution in [2.75, 3.05) is 110 Å². The number of aromatic amines is 3. The average Bonchev–Trinajstić information content (AvgIpc) is 1.55. The smallest absolute Gasteiger partial charge is 0.330 e. The van der Waals surface area contributed by atoms with Crippen LogP contribution in [0, 0.1) is 6.92 Å². The fourth-order valence-corrected chi connectivity index (χ4v) is 20.9. The van der Waals surface area contributed by atoms with Gasteiger partial charge in [0, 0.05) is 33.1 Å². The van der Waals surface area contributed by atoms with Crippen LogP contribution in [0.25, 0.3) is 44.7 Å². The third kappa shape index (κ3) is 17.1. The lowest BCUT2D eigenvalue weighted by atomic mass is 9.91. The first-order valence-corrected chi connectivity index (χ1v) is 46.0. The number of hydrogen-bond acceptors (Lipinski definition) is 48. The molecule has 124 heavy (non-hydrogen) atoms. The van der Waals surface area contributed by atoms with Gasteiger partial charge in [-0.15, -0.1) is 0 Å². The van der Waals surface area contributed by atoms with Gasteiger partial charge in [-0.2, -0.15) is 9.97 Å². The number of phosphoric acid groups is 2. The first-order valence-electron chi connectivity index (χ1n) is 37.9. The number of anilines is 4. The molecule has 676 valence electrons. The Labute approximate surface area is 706 Å². The second kappa shape index (κ2) is 35.4. The van der Waals surface area contributed by atoms with Crippen molar-refractivity contribution >= 4 is 121 Å². The number of aliphatic hydroxyl groups is 1. The highest BCUT2D eigenvalue weighted by Gasteiger charge is 2.70. The molecule has 60 heteroatoms. The molecular weight excluding hydrogens is 1780 g/mol. The Bertz CT molecular complexity index is 5910. The van der Waals surface area contributed by atoms with Crippen LogP contribution in [0.4, 0.5) is 23.5 Å². The Morgan fingerprint density at radius 1 is 0.516 bits per heavy atom. The fraction of sp³-hybridized carbons (Fsp3) is 0.625. The first-order chi connectivity index (χ1) is 59.1. The lowest BCUT2D eigenvalue weighted by Crippen LogP contribution is -2.51. The Kier molecular flexibility index (Phi) is 25.6. The van der Waals surface area contributed by atoms with Gasteiger partial charge in [0.05, 0.1) is 104 Å². The Morgan fingerprint density at radius 2 is 0.952 bits per heavy atom. The van der Waals surface area contributed by atoms with E-state index in [9.17, 15) is 38.3 Å². The Balaban J connectivity index is 0.691. The monoisotopic (exact) mass is 1860 g/mol. The number of aromatic nitrogens is 18. The predicted octanol–water partition coefficient (Wildman–Crippen LogP) is -3.43. The number of hydrogen-bond donors (Lipinski definition) is 8. The highest BCUT2D eigenvalue weighted by Crippen LogP contribution is 2.61. The molecule has 9 aromatic rings. The standard InChI is InChI=1S/C64H86N22O32P4S2/c1-8-63-27(3)108-42(58(113-63)84-23-74-33-47(66)70-21-72-49(33)84)44(63)117-120(94,95)107-19-64-28(4)109-43(59(114-64)86-25-76-35-51(86)78-61(68)80-54(35)90)45(64)118-119(92,93)104-17-30-37(41(103-14-11-100-7)57(111-30)85-24-75-34-50(85)77-60(67)79-53(34)89)115-122(97,124)106-18-31-38(40(102-13-10-99-6)56(112-31)83-22-73-32-46(65)69-20-71-48(32)83)116-121(96,123)105-16-29-36(87)39(101-12-9-98-5)55(110-29)82-15-26(2)52(88)81-62(82)91/h15,20-25,27-31,36-45,55-59,87H,8-14,16-19H2,1-7H3,(H,92,93)(H,94,95)(H,96,123)(H,97,124)(H2,65,69,71)(H2,66,70,72)(H,81,88,91)(H3,67,77,79,89)(H3,68,78,80,90)/p-4/t27-,28-,29+,30+,31+,36-,37-,38-,39?,40?,41?,42?,43?,44+,45+,55+,56+,57+,58+,59+,63-,64-,121?,122?/m0/s1. The van der Waals surface area contributed by atoms with E-state index in [1.54, 1.807) is 13.8 Å². The van der Waals surface area contributed by atoms with E-state index in [2.05, 4.69) is 64.8 Å². The van der Waals surface area contributed by atoms with Crippen LogP contribution >= 0.6 is 29.2 Å². The molecule has 0 aliphatic carbocycles. The maximum absolute atomic E-state index is 15.5. The van der Waals surface area contributed by atoms with Crippen molar-refractivity contribution in [2.45, 2.75) is 168 Å². The number of nitrogens with two attached hydrogens (primary N) is 4. The normalized spacial score (nSPS) is 32.4. The highest BCUT2D eigenvalue weighted by atomic mass is 32.7. The molecule has 26 atom stereocenters. The van der Waals surface area contributed by atoms with E-state index >= 15 is 14.4 Å². The van der Waals surface area contributed by atoms with Crippen molar-refractivity contribution in [2.24, 2.45) is 0 Å². The van der Waals surface area contributed by atoms with Crippen LogP contribution in [-0.2, 0) is 136 Å². The topological polar surface area (TPSA) is 708 Å². The van der Waals surface area contributed by atoms with Gasteiger partial charge in [-0.05, 0) is 27.2 Å². The molecule has 0 aromatic carbocycles. The van der Waals surface area contributed by atoms with Crippen molar-refractivity contribution < 1.29 is 131 Å². The zero-order valence-electron chi connectivity index (χ0n) is 66.1. The maximum Gasteiger partial charge on any atom is 0.330 e. The van der Waals surface area contributed by atoms with Crippen molar-refractivity contribution in [3.05, 3.63) is 91.3 Å². The lowest BCUT2D eigenvalue weighted by molar-refractivity contribution is -0.253. The van der Waals surface area contributed by atoms with Crippen LogP contribution in [0.2, 0.25) is 0 Å². The molecule has 0 saturated carbocycles. The summed E-state index contributed by atoms with van der Waals surface area (Å²) < 4.78 is 178. The molecule has 54 nitrogen and oxygen atoms in total. The summed E-state index contributed by atoms with van der Waals surface area (Å²) in [6.07, 6.45) is -22.0. The van der Waals surface area contributed by atoms with Crippen molar-refractivity contribution in [3.8, 4) is 0 Å². The van der Waals surface area contributed by atoms with Crippen LogP contribution in [-0.4, -0.2) is 283 Å². The number of rotatable bonds is 38. The molecule has 9 unspecified atom stereocenters. The summed E-state index contributed by atoms with van der Waals surface area (Å²) in [6.45, 7) is -9.16. The molecule has 12 N–H and O–H groups in total. The van der Waals surface area contributed by atoms with Crippen LogP contribution in [0.3, 0.4) is 0 Å². The summed E-state index contributed by atoms with van der Waals surface area (Å²) in [5.41, 5.74) is 17.0. The quantitative estimate of drug-likeness (QED) is 0.0106. The number of aryl methyl sites for hydroxylation is 1. The van der Waals surface area contributed by atoms with Gasteiger partial charge in [-0.3, -0.25) is 65.9 Å². The Morgan fingerprint density at radius 3 is 1.48 bits per heavy atom. The third-order valence-corrected chi connectivity index (χ3v) is 26.9. The molecule has 0 radical (unpaired) electrons. The van der Waals surface area contributed by atoms with E-state index in [-0.39, 0.29) is 114 Å². The van der Waals surface area contributed by atoms with E-state index in [1.165, 1.54) is 69.5 Å². The second-order valence-electron chi connectivity index (χ2n) is 29.3. The molecule has 16 rings (SSSR count). The highest BCUT2D eigenvalue weighted by molar-refractivity contribution is 8.32. The molecule has 7 aliphatic rings. The van der Waals surface area contributed by atoms with E-state index in [0.29, 0.717) is 0 Å². The molecule has 16 heterocycles. The molecule has 9 aromatic heterocycles. The summed E-state index contributed by atoms with van der Waals surface area (Å²) >= 11 is 11.3. The van der Waals surface area contributed by atoms with E-state index < -0.39 is 218 Å². The minimum Gasteiger partial charge on any atom is -0.780 e. The predicted molar refractivity (Wildman–Crippen MR) is 416 cm³/mol. The maximum atomic E-state index is 15.5. The number of phosphoric ester groups is 2. The van der Waals surface area contributed by atoms with Crippen LogP contribution in [0.15, 0.2) is 63.3 Å². The summed E-state index contributed by atoms with van der Waals surface area (Å²) in [5, 5.41) is 11.7. The third-order valence-electron chi connectivity index (χ3n) is 21.9. The number of nitrogens with zero attached hydrogens (tertiary/aromatic N) is 15. The molecule has 7 fully saturated rings. The number of imidazole rings is 4. The van der Waals surface area contributed by atoms with Gasteiger partial charge in [-0.25, -0.2) is 44.7 Å². The van der Waals surface area contributed by atoms with Crippen molar-refractivity contribution in [1.29, 1.82) is 0 Å². The van der Waals surface area contributed by atoms with Gasteiger partial charge < -0.3 is 153 Å². The minimum absolute atomic E-state index is 0.0281. The van der Waals surface area contributed by atoms with E-state index in [0.717, 1.165) is 32.7 Å². The number of ether oxygens (including phenoxy) is 13. The van der Waals surface area contributed by atoms with E-state index in [1.807, 2.05) is 0 Å². The lowest BCUT2D eigenvalue weighted by Gasteiger charge is -2.39. The minimum atomic E-state index is -6.04.